The molecule has 0 rings (SSSR count). The Bertz CT molecular complexity index is 164. The summed E-state index contributed by atoms with van der Waals surface area (Å²) in [6.45, 7) is 0. The molecule has 0 saturated heterocycles. The molecule has 0 heterocycles. The van der Waals surface area contributed by atoms with E-state index < -0.39 is 11.0 Å². The molecule has 0 amide bonds. The second kappa shape index (κ2) is 34.8. The van der Waals surface area contributed by atoms with E-state index in [4.69, 9.17) is 35.1 Å². The van der Waals surface area contributed by atoms with Gasteiger partial charge in [-0.05, 0) is 0 Å². The maximum Gasteiger partial charge on any atom is 0.254 e. The number of rotatable bonds is 0. The summed E-state index contributed by atoms with van der Waals surface area (Å²) in [7, 11) is -3.12. The fraction of sp³-hybridized carbons (Fsp3) is 0. The molecule has 9 nitrogen and oxygen atoms in total. The first kappa shape index (κ1) is 22.4. The van der Waals surface area contributed by atoms with E-state index >= 15 is 0 Å². The van der Waals surface area contributed by atoms with Gasteiger partial charge in [-0.2, -0.15) is 0 Å². The third kappa shape index (κ3) is 920. The molecule has 0 saturated carbocycles. The van der Waals surface area contributed by atoms with Gasteiger partial charge < -0.3 is 0 Å². The predicted molar refractivity (Wildman–Crippen MR) is 28.1 cm³/mol. The normalized spacial score (nSPS) is 4.55. The van der Waals surface area contributed by atoms with Gasteiger partial charge in [-0.1, -0.05) is 0 Å². The van der Waals surface area contributed by atoms with E-state index in [9.17, 15) is 0 Å². The molecule has 0 aliphatic heterocycles. The SMILES string of the molecule is N=[N+]=N.N=[N+]=N.O=[SH](=O)O.[Ag]. The van der Waals surface area contributed by atoms with E-state index in [0.717, 1.165) is 0 Å². The van der Waals surface area contributed by atoms with E-state index in [1.54, 1.807) is 0 Å². The Morgan fingerprint density at radius 3 is 1.00 bits per heavy atom. The minimum Gasteiger partial charge on any atom is -0.288 e. The van der Waals surface area contributed by atoms with E-state index in [1.165, 1.54) is 0 Å². The minimum atomic E-state index is -3.12. The van der Waals surface area contributed by atoms with E-state index in [0.29, 0.717) is 0 Å². The maximum atomic E-state index is 8.59. The Morgan fingerprint density at radius 1 is 1.00 bits per heavy atom. The summed E-state index contributed by atoms with van der Waals surface area (Å²) in [5.41, 5.74) is 22.0. The van der Waals surface area contributed by atoms with Crippen molar-refractivity contribution in [3.63, 3.8) is 0 Å². The van der Waals surface area contributed by atoms with Crippen molar-refractivity contribution in [2.45, 2.75) is 0 Å². The Balaban J connectivity index is -0.0000000325. The molecule has 0 spiro atoms. The molecule has 0 aliphatic rings. The van der Waals surface area contributed by atoms with Gasteiger partial charge in [0.05, 0.1) is 0 Å². The largest absolute Gasteiger partial charge is 0.288 e. The van der Waals surface area contributed by atoms with Crippen molar-refractivity contribution in [2.75, 3.05) is 0 Å². The summed E-state index contributed by atoms with van der Waals surface area (Å²) in [6.07, 6.45) is 0. The third-order valence-corrected chi connectivity index (χ3v) is 0. The van der Waals surface area contributed by atoms with Crippen LogP contribution in [0.3, 0.4) is 0 Å². The molecular formula is H6AgN6O3S+2. The van der Waals surface area contributed by atoms with Crippen LogP contribution >= 0.6 is 0 Å². The first-order chi connectivity index (χ1) is 4.56. The fourth-order valence-corrected chi connectivity index (χ4v) is 0. The molecular weight excluding hydrogens is 272 g/mol. The monoisotopic (exact) mass is 277 g/mol. The molecule has 0 aromatic carbocycles. The number of nitrogens with zero attached hydrogens (tertiary/aromatic N) is 2. The Labute approximate surface area is 78.5 Å². The van der Waals surface area contributed by atoms with Gasteiger partial charge >= 0.3 is 0 Å². The molecule has 0 atom stereocenters. The van der Waals surface area contributed by atoms with Crippen LogP contribution in [0, 0.1) is 22.1 Å². The zero-order chi connectivity index (χ0) is 8.99. The maximum absolute atomic E-state index is 8.59. The van der Waals surface area contributed by atoms with E-state index in [2.05, 4.69) is 0 Å². The molecule has 0 unspecified atom stereocenters. The van der Waals surface area contributed by atoms with Gasteiger partial charge in [0.25, 0.3) is 11.0 Å². The average Bonchev–Trinajstić information content (AvgIpc) is 1.65. The standard InChI is InChI=1S/Ag.2H2N3.H2O3S/c;2*1-3-2;1-4(2)3/h;2*1-2H;4H,(H,1,2,3)/q;2*+1;. The van der Waals surface area contributed by atoms with Gasteiger partial charge in [0.2, 0.25) is 9.82 Å². The summed E-state index contributed by atoms with van der Waals surface area (Å²) >= 11 is 0. The van der Waals surface area contributed by atoms with E-state index in [1.807, 2.05) is 9.82 Å². The van der Waals surface area contributed by atoms with Crippen LogP contribution in [0.2, 0.25) is 0 Å². The van der Waals surface area contributed by atoms with Gasteiger partial charge in [0, 0.05) is 22.4 Å². The molecule has 0 aliphatic carbocycles. The quantitative estimate of drug-likeness (QED) is 0.113. The number of hydrogen-bond donors (Lipinski definition) is 6. The molecule has 0 fully saturated rings. The van der Waals surface area contributed by atoms with Crippen molar-refractivity contribution >= 4 is 11.0 Å². The van der Waals surface area contributed by atoms with Gasteiger partial charge in [-0.3, -0.25) is 4.55 Å². The Hall–Kier alpha value is -0.730. The Morgan fingerprint density at radius 2 is 1.00 bits per heavy atom. The zero-order valence-electron chi connectivity index (χ0n) is 4.91. The summed E-state index contributed by atoms with van der Waals surface area (Å²) in [5.74, 6) is 0. The second-order valence-electron chi connectivity index (χ2n) is 0.461. The van der Waals surface area contributed by atoms with Crippen LogP contribution in [-0.2, 0) is 33.4 Å². The van der Waals surface area contributed by atoms with Crippen LogP contribution in [0.4, 0.5) is 0 Å². The van der Waals surface area contributed by atoms with Crippen LogP contribution in [0.1, 0.15) is 0 Å². The van der Waals surface area contributed by atoms with Gasteiger partial charge in [0.1, 0.15) is 22.1 Å². The molecule has 5 N–H and O–H groups in total. The van der Waals surface area contributed by atoms with Gasteiger partial charge in [-0.15, -0.1) is 0 Å². The van der Waals surface area contributed by atoms with Crippen LogP contribution in [0.5, 0.6) is 0 Å². The summed E-state index contributed by atoms with van der Waals surface area (Å²) < 4.78 is 24.2. The Kier molecular flexibility index (Phi) is 71.0. The summed E-state index contributed by atoms with van der Waals surface area (Å²) in [4.78, 5) is 4.00. The first-order valence-electron chi connectivity index (χ1n) is 1.46. The van der Waals surface area contributed by atoms with E-state index in [-0.39, 0.29) is 22.4 Å². The van der Waals surface area contributed by atoms with Crippen molar-refractivity contribution in [1.29, 1.82) is 22.1 Å². The molecule has 11 heteroatoms. The van der Waals surface area contributed by atoms with Crippen molar-refractivity contribution in [1.82, 2.24) is 9.82 Å². The second-order valence-corrected chi connectivity index (χ2v) is 0.937. The first-order valence-corrected chi connectivity index (χ1v) is 2.59. The number of thiol groups is 1. The molecule has 69 valence electrons. The smallest absolute Gasteiger partial charge is 0.254 e. The molecule has 0 aromatic rings. The fourth-order valence-electron chi connectivity index (χ4n) is 0. The minimum absolute atomic E-state index is 0. The average molecular weight is 278 g/mol. The number of hydrogen-bond acceptors (Lipinski definition) is 6. The van der Waals surface area contributed by atoms with Crippen LogP contribution in [-0.4, -0.2) is 13.0 Å². The van der Waals surface area contributed by atoms with Crippen molar-refractivity contribution in [2.24, 2.45) is 0 Å². The van der Waals surface area contributed by atoms with Gasteiger partial charge in [-0.25, -0.2) is 8.42 Å². The zero-order valence-corrected chi connectivity index (χ0v) is 7.28. The van der Waals surface area contributed by atoms with Crippen LogP contribution < -0.4 is 9.82 Å². The number of nitrogens with one attached hydrogen (secondary N) is 4. The third-order valence-electron chi connectivity index (χ3n) is 0. The van der Waals surface area contributed by atoms with Crippen molar-refractivity contribution in [3.05, 3.63) is 0 Å². The van der Waals surface area contributed by atoms with Crippen molar-refractivity contribution < 1.29 is 35.4 Å². The topological polar surface area (TPSA) is 178 Å². The molecule has 0 aromatic heterocycles. The molecule has 0 bridgehead atoms. The molecule has 1 radical (unpaired) electrons. The predicted octanol–water partition coefficient (Wildman–Crippen LogP) is -0.701. The summed E-state index contributed by atoms with van der Waals surface area (Å²) in [5, 5.41) is 0. The molecule has 11 heavy (non-hydrogen) atoms. The van der Waals surface area contributed by atoms with Crippen LogP contribution in [0.15, 0.2) is 0 Å². The summed E-state index contributed by atoms with van der Waals surface area (Å²) in [6, 6.07) is 0. The van der Waals surface area contributed by atoms with Crippen molar-refractivity contribution in [3.8, 4) is 0 Å². The van der Waals surface area contributed by atoms with Gasteiger partial charge in [0.15, 0.2) is 0 Å². The van der Waals surface area contributed by atoms with Crippen LogP contribution in [0.25, 0.3) is 0 Å².